The summed E-state index contributed by atoms with van der Waals surface area (Å²) in [5.74, 6) is 5.57. The van der Waals surface area contributed by atoms with Crippen molar-refractivity contribution in [3.8, 4) is 0 Å². The molecule has 0 spiro atoms. The fourth-order valence-corrected chi connectivity index (χ4v) is 1.39. The van der Waals surface area contributed by atoms with Gasteiger partial charge in [-0.3, -0.25) is 0 Å². The average Bonchev–Trinajstić information content (AvgIpc) is 2.33. The lowest BCUT2D eigenvalue weighted by atomic mass is 10.1. The molecule has 0 fully saturated rings. The number of aromatic nitrogens is 3. The number of benzene rings is 1. The van der Waals surface area contributed by atoms with Gasteiger partial charge in [-0.05, 0) is 5.56 Å². The maximum absolute atomic E-state index is 10.9. The van der Waals surface area contributed by atoms with Gasteiger partial charge in [0.1, 0.15) is 5.69 Å². The molecule has 4 N–H and O–H groups in total. The normalized spacial score (nSPS) is 10.1. The van der Waals surface area contributed by atoms with Crippen LogP contribution in [0.4, 0.5) is 5.82 Å². The highest BCUT2D eigenvalue weighted by Crippen LogP contribution is 2.10. The Balaban J connectivity index is 2.31. The predicted molar refractivity (Wildman–Crippen MR) is 59.7 cm³/mol. The van der Waals surface area contributed by atoms with E-state index in [2.05, 4.69) is 20.6 Å². The molecule has 0 unspecified atom stereocenters. The first-order chi connectivity index (χ1) is 7.79. The van der Waals surface area contributed by atoms with Crippen LogP contribution >= 0.6 is 0 Å². The summed E-state index contributed by atoms with van der Waals surface area (Å²) in [7, 11) is 0. The van der Waals surface area contributed by atoms with Crippen LogP contribution < -0.4 is 17.0 Å². The van der Waals surface area contributed by atoms with E-state index in [0.29, 0.717) is 17.9 Å². The Morgan fingerprint density at radius 2 is 2.06 bits per heavy atom. The number of anilines is 1. The van der Waals surface area contributed by atoms with Crippen LogP contribution in [0.5, 0.6) is 0 Å². The minimum atomic E-state index is -0.523. The zero-order chi connectivity index (χ0) is 11.4. The molecule has 0 radical (unpaired) electrons. The Kier molecular flexibility index (Phi) is 2.93. The van der Waals surface area contributed by atoms with Gasteiger partial charge in [-0.1, -0.05) is 30.3 Å². The molecule has 0 aliphatic rings. The largest absolute Gasteiger partial charge is 0.363 e. The number of H-pyrrole nitrogens is 1. The van der Waals surface area contributed by atoms with Crippen molar-refractivity contribution in [2.24, 2.45) is 5.84 Å². The summed E-state index contributed by atoms with van der Waals surface area (Å²) in [6, 6.07) is 9.73. The highest BCUT2D eigenvalue weighted by Gasteiger charge is 2.06. The van der Waals surface area contributed by atoms with Gasteiger partial charge in [-0.15, -0.1) is 0 Å². The molecule has 0 aliphatic heterocycles. The molecule has 1 aromatic heterocycles. The third kappa shape index (κ3) is 2.23. The standard InChI is InChI=1S/C10H11N5O/c11-13-9-8(14-15-10(16)12-9)6-7-4-2-1-3-5-7/h1-5H,6,11H2,(H2,12,13,15,16). The van der Waals surface area contributed by atoms with E-state index in [1.807, 2.05) is 30.3 Å². The van der Waals surface area contributed by atoms with Crippen LogP contribution in [0.25, 0.3) is 0 Å². The lowest BCUT2D eigenvalue weighted by Crippen LogP contribution is -2.21. The molecular formula is C10H11N5O. The second-order valence-electron chi connectivity index (χ2n) is 3.24. The van der Waals surface area contributed by atoms with Gasteiger partial charge in [0, 0.05) is 6.42 Å². The average molecular weight is 217 g/mol. The number of rotatable bonds is 3. The Morgan fingerprint density at radius 3 is 2.75 bits per heavy atom. The molecule has 1 aromatic carbocycles. The fourth-order valence-electron chi connectivity index (χ4n) is 1.39. The molecule has 6 heteroatoms. The van der Waals surface area contributed by atoms with E-state index in [4.69, 9.17) is 5.84 Å². The molecule has 2 rings (SSSR count). The van der Waals surface area contributed by atoms with Crippen molar-refractivity contribution in [1.82, 2.24) is 15.2 Å². The summed E-state index contributed by atoms with van der Waals surface area (Å²) in [5, 5.41) is 6.18. The van der Waals surface area contributed by atoms with Crippen LogP contribution in [0.1, 0.15) is 11.3 Å². The summed E-state index contributed by atoms with van der Waals surface area (Å²) in [4.78, 5) is 14.6. The van der Waals surface area contributed by atoms with E-state index in [9.17, 15) is 4.79 Å². The number of nitrogens with two attached hydrogens (primary N) is 1. The van der Waals surface area contributed by atoms with Gasteiger partial charge in [0.2, 0.25) is 0 Å². The molecule has 0 saturated carbocycles. The van der Waals surface area contributed by atoms with Gasteiger partial charge in [-0.25, -0.2) is 15.7 Å². The number of nitrogens with zero attached hydrogens (tertiary/aromatic N) is 2. The first kappa shape index (κ1) is 10.3. The van der Waals surface area contributed by atoms with Crippen molar-refractivity contribution in [2.45, 2.75) is 6.42 Å². The van der Waals surface area contributed by atoms with Crippen molar-refractivity contribution >= 4 is 5.82 Å². The molecule has 0 bridgehead atoms. The Morgan fingerprint density at radius 1 is 1.31 bits per heavy atom. The zero-order valence-corrected chi connectivity index (χ0v) is 8.47. The van der Waals surface area contributed by atoms with Crippen LogP contribution in [0.3, 0.4) is 0 Å². The smallest absolute Gasteiger partial charge is 0.307 e. The number of hydrogen-bond acceptors (Lipinski definition) is 5. The Labute approximate surface area is 91.5 Å². The molecule has 2 aromatic rings. The van der Waals surface area contributed by atoms with Gasteiger partial charge in [0.25, 0.3) is 0 Å². The highest BCUT2D eigenvalue weighted by atomic mass is 16.1. The summed E-state index contributed by atoms with van der Waals surface area (Å²) >= 11 is 0. The van der Waals surface area contributed by atoms with E-state index >= 15 is 0 Å². The van der Waals surface area contributed by atoms with Gasteiger partial charge in [-0.2, -0.15) is 10.1 Å². The predicted octanol–water partition coefficient (Wildman–Crippen LogP) is 0.0413. The quantitative estimate of drug-likeness (QED) is 0.498. The molecular weight excluding hydrogens is 206 g/mol. The maximum Gasteiger partial charge on any atom is 0.363 e. The third-order valence-corrected chi connectivity index (χ3v) is 2.12. The van der Waals surface area contributed by atoms with Crippen molar-refractivity contribution in [3.05, 3.63) is 52.1 Å². The number of nitrogens with one attached hydrogen (secondary N) is 2. The van der Waals surface area contributed by atoms with E-state index in [-0.39, 0.29) is 0 Å². The summed E-state index contributed by atoms with van der Waals surface area (Å²) in [5.41, 5.74) is 3.51. The summed E-state index contributed by atoms with van der Waals surface area (Å²) in [6.45, 7) is 0. The second kappa shape index (κ2) is 4.54. The minimum absolute atomic E-state index is 0.299. The lowest BCUT2D eigenvalue weighted by Gasteiger charge is -2.05. The number of nitrogen functional groups attached to an aromatic ring is 1. The van der Waals surface area contributed by atoms with E-state index < -0.39 is 5.69 Å². The SMILES string of the molecule is NNc1nc(=O)[nH]nc1Cc1ccccc1. The third-order valence-electron chi connectivity index (χ3n) is 2.12. The Hall–Kier alpha value is -2.21. The number of aromatic amines is 1. The highest BCUT2D eigenvalue weighted by molar-refractivity contribution is 5.39. The van der Waals surface area contributed by atoms with Gasteiger partial charge in [0.05, 0.1) is 0 Å². The van der Waals surface area contributed by atoms with Crippen molar-refractivity contribution in [3.63, 3.8) is 0 Å². The Bertz CT molecular complexity index is 522. The zero-order valence-electron chi connectivity index (χ0n) is 8.47. The van der Waals surface area contributed by atoms with Crippen LogP contribution in [0.15, 0.2) is 35.1 Å². The van der Waals surface area contributed by atoms with E-state index in [1.54, 1.807) is 0 Å². The molecule has 1 heterocycles. The minimum Gasteiger partial charge on any atom is -0.307 e. The van der Waals surface area contributed by atoms with Crippen LogP contribution in [0, 0.1) is 0 Å². The molecule has 0 amide bonds. The molecule has 82 valence electrons. The number of hydrazine groups is 1. The maximum atomic E-state index is 10.9. The lowest BCUT2D eigenvalue weighted by molar-refractivity contribution is 0.854. The molecule has 0 saturated heterocycles. The second-order valence-corrected chi connectivity index (χ2v) is 3.24. The van der Waals surface area contributed by atoms with Crippen molar-refractivity contribution in [2.75, 3.05) is 5.43 Å². The van der Waals surface area contributed by atoms with Gasteiger partial charge < -0.3 is 5.43 Å². The van der Waals surface area contributed by atoms with Gasteiger partial charge >= 0.3 is 5.69 Å². The molecule has 16 heavy (non-hydrogen) atoms. The summed E-state index contributed by atoms with van der Waals surface area (Å²) < 4.78 is 0. The number of hydrogen-bond donors (Lipinski definition) is 3. The van der Waals surface area contributed by atoms with Crippen LogP contribution in [-0.2, 0) is 6.42 Å². The molecule has 6 nitrogen and oxygen atoms in total. The van der Waals surface area contributed by atoms with Crippen LogP contribution in [0.2, 0.25) is 0 Å². The van der Waals surface area contributed by atoms with Gasteiger partial charge in [0.15, 0.2) is 5.82 Å². The van der Waals surface area contributed by atoms with E-state index in [0.717, 1.165) is 5.56 Å². The van der Waals surface area contributed by atoms with Crippen molar-refractivity contribution in [1.29, 1.82) is 0 Å². The summed E-state index contributed by atoms with van der Waals surface area (Å²) in [6.07, 6.45) is 0.560. The fraction of sp³-hybridized carbons (Fsp3) is 0.100. The van der Waals surface area contributed by atoms with Crippen molar-refractivity contribution < 1.29 is 0 Å². The first-order valence-electron chi connectivity index (χ1n) is 4.76. The topological polar surface area (TPSA) is 96.7 Å². The first-order valence-corrected chi connectivity index (χ1v) is 4.76. The molecule has 0 aliphatic carbocycles. The van der Waals surface area contributed by atoms with E-state index in [1.165, 1.54) is 0 Å². The van der Waals surface area contributed by atoms with Crippen LogP contribution in [-0.4, -0.2) is 15.2 Å². The molecule has 0 atom stereocenters. The monoisotopic (exact) mass is 217 g/mol.